The van der Waals surface area contributed by atoms with E-state index in [1.165, 1.54) is 44.9 Å². The molecule has 12 nitrogen and oxygen atoms in total. The van der Waals surface area contributed by atoms with Crippen molar-refractivity contribution in [1.29, 1.82) is 0 Å². The lowest BCUT2D eigenvalue weighted by Gasteiger charge is -2.60. The summed E-state index contributed by atoms with van der Waals surface area (Å²) >= 11 is 0. The Bertz CT molecular complexity index is 2220. The van der Waals surface area contributed by atoms with Crippen molar-refractivity contribution in [3.8, 4) is 11.5 Å². The van der Waals surface area contributed by atoms with Crippen LogP contribution in [0.5, 0.6) is 11.5 Å². The van der Waals surface area contributed by atoms with Crippen molar-refractivity contribution in [2.24, 2.45) is 22.9 Å². The van der Waals surface area contributed by atoms with Gasteiger partial charge in [0.1, 0.15) is 24.1 Å². The van der Waals surface area contributed by atoms with Crippen LogP contribution >= 0.6 is 0 Å². The highest BCUT2D eigenvalue weighted by Gasteiger charge is 2.66. The maximum Gasteiger partial charge on any atom is 0.410 e. The summed E-state index contributed by atoms with van der Waals surface area (Å²) in [5.74, 6) is -0.380. The predicted octanol–water partition coefficient (Wildman–Crippen LogP) is 12.3. The Morgan fingerprint density at radius 2 is 1.65 bits per heavy atom. The third-order valence-corrected chi connectivity index (χ3v) is 15.8. The molecule has 1 amide bonds. The molecule has 3 aliphatic heterocycles. The van der Waals surface area contributed by atoms with Gasteiger partial charge in [-0.25, -0.2) is 4.79 Å². The number of oxime groups is 1. The molecular formula is C60H85N3O9. The van der Waals surface area contributed by atoms with Gasteiger partial charge in [0.15, 0.2) is 0 Å². The summed E-state index contributed by atoms with van der Waals surface area (Å²) < 4.78 is 33.9. The van der Waals surface area contributed by atoms with Crippen molar-refractivity contribution >= 4 is 22.6 Å². The number of allylic oxidation sites excluding steroid dienone is 1. The number of benzene rings is 3. The molecule has 7 atom stereocenters. The average molecular weight is 992 g/mol. The predicted molar refractivity (Wildman–Crippen MR) is 284 cm³/mol. The number of amides is 1. The Balaban J connectivity index is 1.23. The fourth-order valence-corrected chi connectivity index (χ4v) is 12.0. The van der Waals surface area contributed by atoms with E-state index in [0.717, 1.165) is 123 Å². The van der Waals surface area contributed by atoms with Gasteiger partial charge in [0.05, 0.1) is 38.0 Å². The van der Waals surface area contributed by atoms with Gasteiger partial charge in [-0.1, -0.05) is 137 Å². The molecule has 3 heterocycles. The van der Waals surface area contributed by atoms with Crippen molar-refractivity contribution in [1.82, 2.24) is 9.80 Å². The number of rotatable bonds is 31. The molecule has 8 rings (SSSR count). The zero-order valence-corrected chi connectivity index (χ0v) is 43.4. The molecule has 72 heavy (non-hydrogen) atoms. The maximum atomic E-state index is 15.4. The largest absolute Gasteiger partial charge is 0.492 e. The minimum atomic E-state index is -1.42. The second kappa shape index (κ2) is 27.7. The first-order chi connectivity index (χ1) is 35.5. The zero-order chi connectivity index (χ0) is 50.0. The summed E-state index contributed by atoms with van der Waals surface area (Å²) in [5, 5.41) is 27.4. The number of aliphatic hydroxyl groups excluding tert-OH is 2. The first-order valence-corrected chi connectivity index (χ1v) is 28.1. The molecule has 3 aromatic carbocycles. The third-order valence-electron chi connectivity index (χ3n) is 15.8. The lowest BCUT2D eigenvalue weighted by atomic mass is 9.55. The van der Waals surface area contributed by atoms with Crippen LogP contribution in [-0.2, 0) is 25.6 Å². The lowest BCUT2D eigenvalue weighted by molar-refractivity contribution is -0.256. The number of carbonyl (C=O) groups excluding carboxylic acids is 1. The molecule has 394 valence electrons. The molecule has 0 radical (unpaired) electrons. The summed E-state index contributed by atoms with van der Waals surface area (Å²) in [7, 11) is 0. The minimum Gasteiger partial charge on any atom is -0.492 e. The molecule has 7 unspecified atom stereocenters. The summed E-state index contributed by atoms with van der Waals surface area (Å²) in [4.78, 5) is 26.0. The van der Waals surface area contributed by atoms with Crippen molar-refractivity contribution in [2.45, 2.75) is 166 Å². The van der Waals surface area contributed by atoms with Crippen LogP contribution in [0.15, 0.2) is 90.1 Å². The number of aliphatic hydroxyl groups is 2. The molecule has 0 spiro atoms. The molecule has 3 fully saturated rings. The van der Waals surface area contributed by atoms with E-state index in [1.807, 2.05) is 29.2 Å². The van der Waals surface area contributed by atoms with Crippen LogP contribution in [0.4, 0.5) is 4.79 Å². The normalized spacial score (nSPS) is 25.0. The van der Waals surface area contributed by atoms with Crippen molar-refractivity contribution < 1.29 is 43.5 Å². The molecule has 3 aromatic rings. The number of carbonyl (C=O) groups is 1. The number of ether oxygens (including phenoxy) is 5. The Kier molecular flexibility index (Phi) is 20.7. The van der Waals surface area contributed by atoms with Gasteiger partial charge < -0.3 is 38.7 Å². The van der Waals surface area contributed by atoms with Gasteiger partial charge >= 0.3 is 6.09 Å². The number of hydrogen-bond donors (Lipinski definition) is 2. The van der Waals surface area contributed by atoms with Gasteiger partial charge in [0.25, 0.3) is 0 Å². The van der Waals surface area contributed by atoms with Crippen LogP contribution < -0.4 is 9.47 Å². The Morgan fingerprint density at radius 1 is 0.889 bits per heavy atom. The number of hydrogen-bond acceptors (Lipinski definition) is 11. The molecule has 2 aliphatic carbocycles. The van der Waals surface area contributed by atoms with E-state index in [9.17, 15) is 10.2 Å². The van der Waals surface area contributed by atoms with Gasteiger partial charge in [0.2, 0.25) is 12.1 Å². The van der Waals surface area contributed by atoms with Crippen molar-refractivity contribution in [3.63, 3.8) is 0 Å². The smallest absolute Gasteiger partial charge is 0.410 e. The highest BCUT2D eigenvalue weighted by atomic mass is 16.8. The standard InChI is InChI=1S/C60H85N3O9/c1-3-5-6-7-8-9-10-11-12-20-39-69-59(66)63(44-47-26-22-25-45-23-13-14-27-49(45)47)55-43-53(61-72-56-29-17-21-38-68-56)51-41-46(24-15-18-35-64)50(28-16-19-36-65)57-52-42-48(67-40-34-62-32-33-62)30-31-54(52)71-60(55,58(51)57)70-37-4-2/h4,13-14,22-23,25-27,30-31,41-42,46,50,55-58,64-65H,2-3,5-12,15-21,24,28-29,32-40,43-44H2,1H3. The Hall–Kier alpha value is -4.46. The van der Waals surface area contributed by atoms with Crippen molar-refractivity contribution in [2.75, 3.05) is 59.3 Å². The summed E-state index contributed by atoms with van der Waals surface area (Å²) in [6.45, 7) is 11.6. The first-order valence-electron chi connectivity index (χ1n) is 28.1. The van der Waals surface area contributed by atoms with Crippen LogP contribution in [0.25, 0.3) is 10.8 Å². The Labute approximate surface area is 430 Å². The third kappa shape index (κ3) is 13.8. The molecule has 2 N–H and O–H groups in total. The van der Waals surface area contributed by atoms with E-state index in [4.69, 9.17) is 33.7 Å². The van der Waals surface area contributed by atoms with E-state index in [0.29, 0.717) is 38.4 Å². The van der Waals surface area contributed by atoms with E-state index in [1.54, 1.807) is 6.08 Å². The van der Waals surface area contributed by atoms with E-state index < -0.39 is 30.1 Å². The van der Waals surface area contributed by atoms with E-state index in [-0.39, 0.29) is 50.5 Å². The number of fused-ring (bicyclic) bond motifs is 3. The highest BCUT2D eigenvalue weighted by molar-refractivity contribution is 6.03. The topological polar surface area (TPSA) is 132 Å². The molecule has 2 saturated heterocycles. The maximum absolute atomic E-state index is 15.4. The van der Waals surface area contributed by atoms with Gasteiger partial charge in [-0.15, -0.1) is 6.58 Å². The van der Waals surface area contributed by atoms with Crippen LogP contribution in [0, 0.1) is 17.8 Å². The fourth-order valence-electron chi connectivity index (χ4n) is 12.0. The fraction of sp³-hybridized carbons (Fsp3) is 0.633. The molecule has 5 aliphatic rings. The summed E-state index contributed by atoms with van der Waals surface area (Å²) in [5.41, 5.74) is 3.76. The molecule has 0 bridgehead atoms. The molecule has 1 saturated carbocycles. The average Bonchev–Trinajstić information content (AvgIpc) is 4.24. The molecule has 0 aromatic heterocycles. The SMILES string of the molecule is C=CCOC12Oc3ccc(OCCN4CC4)cc3C3C(CCCCO)C(CCCCO)C=C(C(=NOC4CCCCO4)CC1N(Cc1cccc4ccccc14)C(=O)OCCCCCCCCCCCC)C32. The summed E-state index contributed by atoms with van der Waals surface area (Å²) in [6, 6.07) is 20.1. The lowest BCUT2D eigenvalue weighted by Crippen LogP contribution is -2.70. The monoisotopic (exact) mass is 992 g/mol. The van der Waals surface area contributed by atoms with Gasteiger partial charge in [-0.05, 0) is 96.9 Å². The van der Waals surface area contributed by atoms with Gasteiger partial charge in [0, 0.05) is 57.2 Å². The quantitative estimate of drug-likeness (QED) is 0.0278. The van der Waals surface area contributed by atoms with Crippen LogP contribution in [0.1, 0.15) is 152 Å². The number of nitrogens with zero attached hydrogens (tertiary/aromatic N) is 3. The zero-order valence-electron chi connectivity index (χ0n) is 43.4. The Morgan fingerprint density at radius 3 is 2.40 bits per heavy atom. The van der Waals surface area contributed by atoms with Crippen molar-refractivity contribution in [3.05, 3.63) is 96.1 Å². The second-order valence-corrected chi connectivity index (χ2v) is 20.9. The first kappa shape index (κ1) is 53.8. The van der Waals surface area contributed by atoms with Crippen LogP contribution in [0.2, 0.25) is 0 Å². The second-order valence-electron chi connectivity index (χ2n) is 20.9. The molecule has 12 heteroatoms. The molecular weight excluding hydrogens is 907 g/mol. The van der Waals surface area contributed by atoms with E-state index in [2.05, 4.69) is 60.9 Å². The summed E-state index contributed by atoms with van der Waals surface area (Å²) in [6.07, 6.45) is 22.8. The van der Waals surface area contributed by atoms with Crippen LogP contribution in [0.3, 0.4) is 0 Å². The highest BCUT2D eigenvalue weighted by Crippen LogP contribution is 2.62. The number of unbranched alkanes of at least 4 members (excludes halogenated alkanes) is 11. The van der Waals surface area contributed by atoms with Gasteiger partial charge in [-0.3, -0.25) is 9.80 Å². The van der Waals surface area contributed by atoms with Crippen LogP contribution in [-0.4, -0.2) is 109 Å². The van der Waals surface area contributed by atoms with Gasteiger partial charge in [-0.2, -0.15) is 0 Å². The van der Waals surface area contributed by atoms with E-state index >= 15 is 4.79 Å². The minimum absolute atomic E-state index is 0.0866.